The Morgan fingerprint density at radius 1 is 0.857 bits per heavy atom. The van der Waals surface area contributed by atoms with Gasteiger partial charge in [0.2, 0.25) is 17.7 Å². The number of halogens is 2. The van der Waals surface area contributed by atoms with Crippen LogP contribution in [0.1, 0.15) is 96.2 Å². The van der Waals surface area contributed by atoms with E-state index in [1.807, 2.05) is 103 Å². The van der Waals surface area contributed by atoms with E-state index in [-0.39, 0.29) is 36.8 Å². The number of methoxy groups -OCH3 is 1. The summed E-state index contributed by atoms with van der Waals surface area (Å²) in [6.45, 7) is 5.71. The van der Waals surface area contributed by atoms with Crippen LogP contribution in [0.15, 0.2) is 89.9 Å². The Bertz CT molecular complexity index is 2390. The van der Waals surface area contributed by atoms with Crippen LogP contribution >= 0.6 is 23.2 Å². The number of ether oxygens (including phenoxy) is 2. The number of rotatable bonds is 15. The summed E-state index contributed by atoms with van der Waals surface area (Å²) in [5.41, 5.74) is 5.07. The molecule has 0 bridgehead atoms. The Balaban J connectivity index is 0.956. The van der Waals surface area contributed by atoms with Crippen molar-refractivity contribution in [3.8, 4) is 11.5 Å². The van der Waals surface area contributed by atoms with Gasteiger partial charge in [-0.1, -0.05) is 66.0 Å². The topological polar surface area (TPSA) is 144 Å². The van der Waals surface area contributed by atoms with Crippen molar-refractivity contribution in [3.05, 3.63) is 128 Å². The monoisotopic (exact) mass is 894 g/mol. The molecule has 0 saturated carbocycles. The zero-order chi connectivity index (χ0) is 44.4. The van der Waals surface area contributed by atoms with E-state index in [0.29, 0.717) is 71.1 Å². The zero-order valence-corrected chi connectivity index (χ0v) is 37.1. The van der Waals surface area contributed by atoms with Gasteiger partial charge in [0.15, 0.2) is 6.35 Å². The molecule has 13 nitrogen and oxygen atoms in total. The van der Waals surface area contributed by atoms with Gasteiger partial charge >= 0.3 is 0 Å². The molecule has 2 saturated heterocycles. The molecule has 63 heavy (non-hydrogen) atoms. The Morgan fingerprint density at radius 3 is 2.27 bits per heavy atom. The van der Waals surface area contributed by atoms with Crippen LogP contribution < -0.4 is 14.8 Å². The average Bonchev–Trinajstić information content (AvgIpc) is 3.82. The summed E-state index contributed by atoms with van der Waals surface area (Å²) in [5, 5.41) is 16.1. The number of aliphatic imine (C=N–C) groups is 1. The Kier molecular flexibility index (Phi) is 13.4. The summed E-state index contributed by atoms with van der Waals surface area (Å²) >= 11 is 12.7. The minimum absolute atomic E-state index is 0.00964. The van der Waals surface area contributed by atoms with E-state index in [9.17, 15) is 24.3 Å². The number of fused-ring (bicyclic) bond motifs is 1. The van der Waals surface area contributed by atoms with Crippen molar-refractivity contribution in [3.63, 3.8) is 0 Å². The molecule has 15 heteroatoms. The average molecular weight is 896 g/mol. The molecule has 0 radical (unpaired) electrons. The molecule has 4 heterocycles. The molecule has 0 aromatic heterocycles. The largest absolute Gasteiger partial charge is 0.497 e. The molecule has 4 atom stereocenters. The molecule has 2 unspecified atom stereocenters. The normalized spacial score (nSPS) is 20.9. The second kappa shape index (κ2) is 19.1. The number of carbonyl (C=O) groups is 4. The number of aryl methyl sites for hydroxylation is 1. The number of nitrogens with one attached hydrogen (secondary N) is 1. The Morgan fingerprint density at radius 2 is 1.59 bits per heavy atom. The van der Waals surface area contributed by atoms with Gasteiger partial charge in [-0.2, -0.15) is 0 Å². The maximum atomic E-state index is 13.9. The summed E-state index contributed by atoms with van der Waals surface area (Å²) in [5.74, 6) is 0.695. The van der Waals surface area contributed by atoms with Gasteiger partial charge in [-0.05, 0) is 104 Å². The van der Waals surface area contributed by atoms with Gasteiger partial charge in [-0.15, -0.1) is 0 Å². The maximum absolute atomic E-state index is 13.9. The van der Waals surface area contributed by atoms with Gasteiger partial charge in [-0.25, -0.2) is 4.90 Å². The second-order valence-corrected chi connectivity index (χ2v) is 17.6. The third-order valence-corrected chi connectivity index (χ3v) is 12.8. The number of hydrogen-bond acceptors (Lipinski definition) is 10. The van der Waals surface area contributed by atoms with Crippen LogP contribution in [0.5, 0.6) is 11.5 Å². The minimum Gasteiger partial charge on any atom is -0.497 e. The smallest absolute Gasteiger partial charge is 0.255 e. The number of carbonyl (C=O) groups excluding carboxylic acids is 4. The number of hydrogen-bond donors (Lipinski definition) is 2. The van der Waals surface area contributed by atoms with E-state index >= 15 is 0 Å². The quantitative estimate of drug-likeness (QED) is 0.0960. The van der Waals surface area contributed by atoms with Gasteiger partial charge in [0, 0.05) is 54.3 Å². The fourth-order valence-corrected chi connectivity index (χ4v) is 9.37. The number of imide groups is 1. The highest BCUT2D eigenvalue weighted by Gasteiger charge is 2.46. The molecule has 2 fully saturated rings. The number of piperidine rings is 1. The van der Waals surface area contributed by atoms with E-state index in [4.69, 9.17) is 37.7 Å². The molecular formula is C48H52Cl2N6O7. The van der Waals surface area contributed by atoms with Crippen molar-refractivity contribution < 1.29 is 33.8 Å². The van der Waals surface area contributed by atoms with Gasteiger partial charge in [-0.3, -0.25) is 29.5 Å². The highest BCUT2D eigenvalue weighted by atomic mass is 35.5. The number of amides is 4. The van der Waals surface area contributed by atoms with Crippen molar-refractivity contribution in [1.29, 1.82) is 0 Å². The first-order chi connectivity index (χ1) is 30.4. The van der Waals surface area contributed by atoms with E-state index in [2.05, 4.69) is 5.32 Å². The minimum atomic E-state index is -1.24. The summed E-state index contributed by atoms with van der Waals surface area (Å²) in [7, 11) is 1.60. The lowest BCUT2D eigenvalue weighted by Crippen LogP contribution is -2.59. The highest BCUT2D eigenvalue weighted by molar-refractivity contribution is 6.30. The van der Waals surface area contributed by atoms with Crippen LogP contribution in [0.3, 0.4) is 0 Å². The van der Waals surface area contributed by atoms with Crippen molar-refractivity contribution in [1.82, 2.24) is 24.9 Å². The molecule has 8 rings (SSSR count). The van der Waals surface area contributed by atoms with Crippen LogP contribution in [0.25, 0.3) is 0 Å². The fraction of sp³-hybridized carbons (Fsp3) is 0.396. The highest BCUT2D eigenvalue weighted by Crippen LogP contribution is 2.46. The van der Waals surface area contributed by atoms with E-state index in [0.717, 1.165) is 47.9 Å². The molecular weight excluding hydrogens is 843 g/mol. The number of amidine groups is 1. The first-order valence-electron chi connectivity index (χ1n) is 21.6. The van der Waals surface area contributed by atoms with Gasteiger partial charge in [0.05, 0.1) is 31.4 Å². The second-order valence-electron chi connectivity index (χ2n) is 16.7. The third-order valence-electron chi connectivity index (χ3n) is 12.3. The molecule has 2 N–H and O–H groups in total. The van der Waals surface area contributed by atoms with Crippen LogP contribution in [0.2, 0.25) is 10.0 Å². The van der Waals surface area contributed by atoms with E-state index < -0.39 is 30.4 Å². The third kappa shape index (κ3) is 9.43. The summed E-state index contributed by atoms with van der Waals surface area (Å²) in [4.78, 5) is 63.9. The molecule has 0 aliphatic carbocycles. The lowest BCUT2D eigenvalue weighted by molar-refractivity contribution is -0.151. The molecule has 4 aromatic carbocycles. The summed E-state index contributed by atoms with van der Waals surface area (Å²) in [6, 6.07) is 24.7. The standard InChI is InChI=1S/C48H52Cl2N6O7/c1-29(2)63-40-26-35(62-3)19-20-37(40)45-52-43(31-11-15-33(49)16-12-31)44(32-13-17-34(50)18-14-32)56(45)48(61)54-25-24-53(42(58)28-54)23-6-4-5-8-30-9-7-10-36-38(30)27-55(47(36)60)39-21-22-41(57)51-46(39)59/h7,9-20,26,29,39,43-44,48,61H,4-6,8,21-25,27-28H2,1-3H3,(H,51,57,59)/t39?,43-,44+,48?/m0/s1. The van der Waals surface area contributed by atoms with Crippen molar-refractivity contribution >= 4 is 52.7 Å². The molecule has 4 amide bonds. The first kappa shape index (κ1) is 44.1. The van der Waals surface area contributed by atoms with E-state index in [1.54, 1.807) is 23.0 Å². The lowest BCUT2D eigenvalue weighted by atomic mass is 9.93. The molecule has 330 valence electrons. The van der Waals surface area contributed by atoms with E-state index in [1.165, 1.54) is 0 Å². The number of piperazine rings is 1. The number of nitrogens with zero attached hydrogens (tertiary/aromatic N) is 5. The summed E-state index contributed by atoms with van der Waals surface area (Å²) in [6.07, 6.45) is 2.42. The molecule has 4 aliphatic heterocycles. The number of aliphatic hydroxyl groups is 1. The van der Waals surface area contributed by atoms with Crippen molar-refractivity contribution in [2.75, 3.05) is 33.3 Å². The first-order valence-corrected chi connectivity index (χ1v) is 22.3. The number of benzene rings is 4. The zero-order valence-electron chi connectivity index (χ0n) is 35.6. The SMILES string of the molecule is COc1ccc(C2=N[C@@H](c3ccc(Cl)cc3)[C@@H](c3ccc(Cl)cc3)N2C(O)N2CCN(CCCCCc3cccc4c3CN(C3CCC(=O)NC3=O)C4=O)C(=O)C2)c(OC(C)C)c1. The Hall–Kier alpha value is -5.47. The maximum Gasteiger partial charge on any atom is 0.255 e. The molecule has 4 aliphatic rings. The fourth-order valence-electron chi connectivity index (χ4n) is 9.12. The van der Waals surface area contributed by atoms with Crippen molar-refractivity contribution in [2.45, 2.75) is 89.5 Å². The predicted molar refractivity (Wildman–Crippen MR) is 240 cm³/mol. The molecule has 0 spiro atoms. The molecule has 4 aromatic rings. The number of aliphatic hydroxyl groups excluding tert-OH is 1. The van der Waals surface area contributed by atoms with Crippen molar-refractivity contribution in [2.24, 2.45) is 4.99 Å². The van der Waals surface area contributed by atoms with Gasteiger partial charge in [0.25, 0.3) is 5.91 Å². The lowest BCUT2D eigenvalue weighted by Gasteiger charge is -2.43. The van der Waals surface area contributed by atoms with Crippen LogP contribution in [-0.4, -0.2) is 106 Å². The van der Waals surface area contributed by atoms with Gasteiger partial charge < -0.3 is 29.3 Å². The summed E-state index contributed by atoms with van der Waals surface area (Å²) < 4.78 is 11.9. The van der Waals surface area contributed by atoms with Crippen LogP contribution in [0.4, 0.5) is 0 Å². The van der Waals surface area contributed by atoms with Crippen LogP contribution in [0, 0.1) is 0 Å². The predicted octanol–water partition coefficient (Wildman–Crippen LogP) is 6.93. The van der Waals surface area contributed by atoms with Crippen LogP contribution in [-0.2, 0) is 27.3 Å². The number of unbranched alkanes of at least 4 members (excludes halogenated alkanes) is 2. The van der Waals surface area contributed by atoms with Gasteiger partial charge in [0.1, 0.15) is 29.4 Å². The Labute approximate surface area is 377 Å².